The Bertz CT molecular complexity index is 297. The van der Waals surface area contributed by atoms with Crippen LogP contribution >= 0.6 is 0 Å². The molecule has 0 aromatic heterocycles. The Balaban J connectivity index is 2.62. The average Bonchev–Trinajstić information content (AvgIpc) is 2.26. The van der Waals surface area contributed by atoms with Crippen LogP contribution in [0.25, 0.3) is 0 Å². The Morgan fingerprint density at radius 1 is 1.41 bits per heavy atom. The highest BCUT2D eigenvalue weighted by Gasteiger charge is 2.39. The van der Waals surface area contributed by atoms with Crippen molar-refractivity contribution < 1.29 is 9.90 Å². The van der Waals surface area contributed by atoms with Gasteiger partial charge in [-0.25, -0.2) is 0 Å². The molecular weight excluding hydrogens is 216 g/mol. The van der Waals surface area contributed by atoms with Gasteiger partial charge in [-0.15, -0.1) is 0 Å². The van der Waals surface area contributed by atoms with E-state index in [2.05, 4.69) is 11.4 Å². The van der Waals surface area contributed by atoms with Crippen molar-refractivity contribution in [2.75, 3.05) is 0 Å². The summed E-state index contributed by atoms with van der Waals surface area (Å²) in [6.07, 6.45) is 3.82. The second-order valence-corrected chi connectivity index (χ2v) is 4.99. The first kappa shape index (κ1) is 14.0. The lowest BCUT2D eigenvalue weighted by Crippen LogP contribution is -2.51. The number of nitrogens with one attached hydrogen (secondary N) is 1. The molecule has 1 aliphatic rings. The highest BCUT2D eigenvalue weighted by atomic mass is 16.3. The van der Waals surface area contributed by atoms with E-state index in [9.17, 15) is 15.2 Å². The fourth-order valence-electron chi connectivity index (χ4n) is 2.40. The lowest BCUT2D eigenvalue weighted by Gasteiger charge is -2.35. The second kappa shape index (κ2) is 6.02. The fourth-order valence-corrected chi connectivity index (χ4v) is 2.40. The highest BCUT2D eigenvalue weighted by molar-refractivity contribution is 5.85. The van der Waals surface area contributed by atoms with Crippen LogP contribution in [-0.2, 0) is 4.79 Å². The zero-order valence-corrected chi connectivity index (χ0v) is 10.7. The van der Waals surface area contributed by atoms with Crippen LogP contribution < -0.4 is 5.32 Å². The molecule has 0 radical (unpaired) electrons. The minimum absolute atomic E-state index is 0.0546. The van der Waals surface area contributed by atoms with Crippen molar-refractivity contribution in [3.63, 3.8) is 0 Å². The third kappa shape index (κ3) is 3.19. The molecule has 1 rings (SSSR count). The zero-order valence-electron chi connectivity index (χ0n) is 10.7. The molecule has 0 bridgehead atoms. The Morgan fingerprint density at radius 3 is 2.29 bits per heavy atom. The van der Waals surface area contributed by atoms with Crippen molar-refractivity contribution in [3.8, 4) is 6.07 Å². The number of amides is 1. The second-order valence-electron chi connectivity index (χ2n) is 4.99. The molecule has 1 saturated carbocycles. The van der Waals surface area contributed by atoms with Gasteiger partial charge in [0.2, 0.25) is 5.91 Å². The summed E-state index contributed by atoms with van der Waals surface area (Å²) in [5.74, 6) is -0.152. The van der Waals surface area contributed by atoms with Gasteiger partial charge in [0.15, 0.2) is 0 Å². The predicted octanol–water partition coefficient (Wildman–Crippen LogP) is 1.74. The molecule has 1 amide bonds. The number of hydrogen-bond donors (Lipinski definition) is 2. The maximum Gasteiger partial charge on any atom is 0.240 e. The molecule has 0 aromatic rings. The maximum atomic E-state index is 12.2. The van der Waals surface area contributed by atoms with Gasteiger partial charge < -0.3 is 10.4 Å². The van der Waals surface area contributed by atoms with Crippen molar-refractivity contribution in [2.24, 2.45) is 5.41 Å². The van der Waals surface area contributed by atoms with Crippen LogP contribution in [0.5, 0.6) is 0 Å². The number of aliphatic hydroxyl groups excluding tert-OH is 1. The van der Waals surface area contributed by atoms with Crippen LogP contribution in [0.2, 0.25) is 0 Å². The van der Waals surface area contributed by atoms with Crippen LogP contribution in [0.15, 0.2) is 0 Å². The SMILES string of the molecule is CCCC(C#N)(CCC)C(=O)NC1CC(O)C1. The van der Waals surface area contributed by atoms with Crippen LogP contribution in [0, 0.1) is 16.7 Å². The molecule has 0 unspecified atom stereocenters. The standard InChI is InChI=1S/C13H22N2O2/c1-3-5-13(9-14,6-4-2)12(17)15-10-7-11(16)8-10/h10-11,16H,3-8H2,1-2H3,(H,15,17). The van der Waals surface area contributed by atoms with Crippen LogP contribution in [-0.4, -0.2) is 23.2 Å². The van der Waals surface area contributed by atoms with E-state index in [0.717, 1.165) is 12.8 Å². The van der Waals surface area contributed by atoms with E-state index in [-0.39, 0.29) is 18.1 Å². The third-order valence-electron chi connectivity index (χ3n) is 3.45. The highest BCUT2D eigenvalue weighted by Crippen LogP contribution is 2.31. The molecule has 0 heterocycles. The van der Waals surface area contributed by atoms with Gasteiger partial charge in [-0.3, -0.25) is 4.79 Å². The Hall–Kier alpha value is -1.08. The van der Waals surface area contributed by atoms with Gasteiger partial charge in [0.25, 0.3) is 0 Å². The van der Waals surface area contributed by atoms with E-state index in [4.69, 9.17) is 0 Å². The van der Waals surface area contributed by atoms with Gasteiger partial charge in [0, 0.05) is 6.04 Å². The largest absolute Gasteiger partial charge is 0.393 e. The summed E-state index contributed by atoms with van der Waals surface area (Å²) in [5.41, 5.74) is -0.871. The predicted molar refractivity (Wildman–Crippen MR) is 65.0 cm³/mol. The van der Waals surface area contributed by atoms with E-state index in [1.807, 2.05) is 13.8 Å². The van der Waals surface area contributed by atoms with Gasteiger partial charge in [-0.05, 0) is 25.7 Å². The Labute approximate surface area is 103 Å². The third-order valence-corrected chi connectivity index (χ3v) is 3.45. The fraction of sp³-hybridized carbons (Fsp3) is 0.846. The van der Waals surface area contributed by atoms with Crippen molar-refractivity contribution in [1.82, 2.24) is 5.32 Å². The summed E-state index contributed by atoms with van der Waals surface area (Å²) in [7, 11) is 0. The summed E-state index contributed by atoms with van der Waals surface area (Å²) in [4.78, 5) is 12.2. The van der Waals surface area contributed by atoms with Crippen LogP contribution in [0.1, 0.15) is 52.4 Å². The normalized spacial score (nSPS) is 23.6. The first-order chi connectivity index (χ1) is 8.07. The van der Waals surface area contributed by atoms with Crippen molar-refractivity contribution in [3.05, 3.63) is 0 Å². The molecule has 0 aromatic carbocycles. The molecule has 0 saturated heterocycles. The molecule has 4 nitrogen and oxygen atoms in total. The first-order valence-electron chi connectivity index (χ1n) is 6.48. The van der Waals surface area contributed by atoms with Gasteiger partial charge in [-0.1, -0.05) is 26.7 Å². The van der Waals surface area contributed by atoms with E-state index in [1.165, 1.54) is 0 Å². The molecule has 1 fully saturated rings. The Morgan fingerprint density at radius 2 is 1.94 bits per heavy atom. The van der Waals surface area contributed by atoms with Crippen LogP contribution in [0.4, 0.5) is 0 Å². The summed E-state index contributed by atoms with van der Waals surface area (Å²) in [6.45, 7) is 3.98. The number of aliphatic hydroxyl groups is 1. The van der Waals surface area contributed by atoms with Gasteiger partial charge >= 0.3 is 0 Å². The van der Waals surface area contributed by atoms with Crippen molar-refractivity contribution in [2.45, 2.75) is 64.5 Å². The zero-order chi connectivity index (χ0) is 12.9. The molecule has 17 heavy (non-hydrogen) atoms. The molecular formula is C13H22N2O2. The average molecular weight is 238 g/mol. The molecule has 2 N–H and O–H groups in total. The lowest BCUT2D eigenvalue weighted by atomic mass is 9.78. The topological polar surface area (TPSA) is 73.1 Å². The number of nitrogens with zero attached hydrogens (tertiary/aromatic N) is 1. The monoisotopic (exact) mass is 238 g/mol. The minimum atomic E-state index is -0.871. The Kier molecular flexibility index (Phi) is 4.95. The molecule has 0 atom stereocenters. The molecule has 0 aliphatic heterocycles. The van der Waals surface area contributed by atoms with Gasteiger partial charge in [0.05, 0.1) is 12.2 Å². The molecule has 96 valence electrons. The smallest absolute Gasteiger partial charge is 0.240 e. The molecule has 0 spiro atoms. The summed E-state index contributed by atoms with van der Waals surface area (Å²) in [6, 6.07) is 2.26. The van der Waals surface area contributed by atoms with E-state index < -0.39 is 5.41 Å². The van der Waals surface area contributed by atoms with E-state index in [0.29, 0.717) is 25.7 Å². The summed E-state index contributed by atoms with van der Waals surface area (Å²) in [5, 5.41) is 21.4. The number of carbonyl (C=O) groups is 1. The summed E-state index contributed by atoms with van der Waals surface area (Å²) < 4.78 is 0. The van der Waals surface area contributed by atoms with Crippen LogP contribution in [0.3, 0.4) is 0 Å². The first-order valence-corrected chi connectivity index (χ1v) is 6.48. The number of nitriles is 1. The summed E-state index contributed by atoms with van der Waals surface area (Å²) >= 11 is 0. The van der Waals surface area contributed by atoms with E-state index in [1.54, 1.807) is 0 Å². The number of carbonyl (C=O) groups excluding carboxylic acids is 1. The minimum Gasteiger partial charge on any atom is -0.393 e. The van der Waals surface area contributed by atoms with E-state index >= 15 is 0 Å². The number of hydrogen-bond acceptors (Lipinski definition) is 3. The maximum absolute atomic E-state index is 12.2. The van der Waals surface area contributed by atoms with Crippen molar-refractivity contribution in [1.29, 1.82) is 5.26 Å². The molecule has 1 aliphatic carbocycles. The quantitative estimate of drug-likeness (QED) is 0.740. The van der Waals surface area contributed by atoms with Gasteiger partial charge in [0.1, 0.15) is 5.41 Å². The molecule has 4 heteroatoms. The van der Waals surface area contributed by atoms with Gasteiger partial charge in [-0.2, -0.15) is 5.26 Å². The lowest BCUT2D eigenvalue weighted by molar-refractivity contribution is -0.131. The van der Waals surface area contributed by atoms with Crippen molar-refractivity contribution >= 4 is 5.91 Å². The number of rotatable bonds is 6.